The Morgan fingerprint density at radius 3 is 2.41 bits per heavy atom. The fraction of sp³-hybridized carbons (Fsp3) is 0.647. The quantitative estimate of drug-likeness (QED) is 0.896. The van der Waals surface area contributed by atoms with Gasteiger partial charge in [0, 0.05) is 25.4 Å². The molecule has 5 heteroatoms. The highest BCUT2D eigenvalue weighted by atomic mass is 19.1. The number of aliphatic hydroxyl groups is 1. The first kappa shape index (κ1) is 15.9. The molecule has 1 saturated heterocycles. The third kappa shape index (κ3) is 3.49. The van der Waals surface area contributed by atoms with Gasteiger partial charge in [-0.15, -0.1) is 0 Å². The highest BCUT2D eigenvalue weighted by Gasteiger charge is 2.40. The van der Waals surface area contributed by atoms with Crippen molar-refractivity contribution in [1.29, 1.82) is 0 Å². The van der Waals surface area contributed by atoms with Crippen molar-refractivity contribution >= 4 is 0 Å². The topological polar surface area (TPSA) is 50.7 Å². The Labute approximate surface area is 130 Å². The smallest absolute Gasteiger partial charge is 0.168 e. The van der Waals surface area contributed by atoms with Gasteiger partial charge in [-0.2, -0.15) is 0 Å². The van der Waals surface area contributed by atoms with E-state index in [0.29, 0.717) is 25.8 Å². The van der Waals surface area contributed by atoms with Crippen molar-refractivity contribution in [3.05, 3.63) is 35.6 Å². The first-order valence-corrected chi connectivity index (χ1v) is 7.99. The molecule has 4 nitrogen and oxygen atoms in total. The van der Waals surface area contributed by atoms with Crippen LogP contribution in [0.15, 0.2) is 24.3 Å². The number of ether oxygens (including phenoxy) is 2. The lowest BCUT2D eigenvalue weighted by atomic mass is 9.89. The predicted octanol–water partition coefficient (Wildman–Crippen LogP) is 2.31. The summed E-state index contributed by atoms with van der Waals surface area (Å²) in [6, 6.07) is 6.37. The minimum absolute atomic E-state index is 0.290. The highest BCUT2D eigenvalue weighted by molar-refractivity contribution is 5.22. The molecule has 1 atom stereocenters. The molecule has 1 aromatic rings. The largest absolute Gasteiger partial charge is 0.384 e. The Bertz CT molecular complexity index is 487. The van der Waals surface area contributed by atoms with Gasteiger partial charge in [-0.05, 0) is 37.5 Å². The summed E-state index contributed by atoms with van der Waals surface area (Å²) in [6.07, 6.45) is 3.73. The summed E-state index contributed by atoms with van der Waals surface area (Å²) in [4.78, 5) is 0. The van der Waals surface area contributed by atoms with E-state index >= 15 is 0 Å². The Kier molecular flexibility index (Phi) is 4.50. The van der Waals surface area contributed by atoms with Crippen LogP contribution < -0.4 is 5.32 Å². The van der Waals surface area contributed by atoms with Crippen LogP contribution in [0.5, 0.6) is 0 Å². The molecule has 1 spiro atoms. The summed E-state index contributed by atoms with van der Waals surface area (Å²) in [6.45, 7) is 3.58. The molecule has 2 N–H and O–H groups in total. The van der Waals surface area contributed by atoms with Crippen LogP contribution in [-0.2, 0) is 15.1 Å². The molecule has 1 aliphatic heterocycles. The minimum atomic E-state index is -1.01. The zero-order valence-electron chi connectivity index (χ0n) is 13.0. The van der Waals surface area contributed by atoms with E-state index in [2.05, 4.69) is 5.32 Å². The molecule has 0 bridgehead atoms. The third-order valence-electron chi connectivity index (χ3n) is 4.76. The molecule has 3 rings (SSSR count). The normalized spacial score (nSPS) is 24.5. The zero-order chi connectivity index (χ0) is 15.6. The average molecular weight is 309 g/mol. The average Bonchev–Trinajstić information content (AvgIpc) is 2.96. The van der Waals surface area contributed by atoms with Gasteiger partial charge in [0.25, 0.3) is 0 Å². The van der Waals surface area contributed by atoms with Crippen LogP contribution in [0.4, 0.5) is 4.39 Å². The summed E-state index contributed by atoms with van der Waals surface area (Å²) in [5.74, 6) is -0.640. The Morgan fingerprint density at radius 2 is 1.82 bits per heavy atom. The molecule has 1 aromatic carbocycles. The summed E-state index contributed by atoms with van der Waals surface area (Å²) < 4.78 is 24.4. The van der Waals surface area contributed by atoms with Crippen LogP contribution in [0.25, 0.3) is 0 Å². The molecule has 22 heavy (non-hydrogen) atoms. The molecule has 0 radical (unpaired) electrons. The second-order valence-corrected chi connectivity index (χ2v) is 6.54. The number of benzene rings is 1. The summed E-state index contributed by atoms with van der Waals surface area (Å²) in [7, 11) is 0. The number of halogens is 1. The van der Waals surface area contributed by atoms with Crippen LogP contribution >= 0.6 is 0 Å². The molecule has 0 amide bonds. The monoisotopic (exact) mass is 309 g/mol. The van der Waals surface area contributed by atoms with E-state index in [-0.39, 0.29) is 11.6 Å². The van der Waals surface area contributed by atoms with E-state index in [9.17, 15) is 9.50 Å². The predicted molar refractivity (Wildman–Crippen MR) is 80.9 cm³/mol. The van der Waals surface area contributed by atoms with Crippen LogP contribution in [0.3, 0.4) is 0 Å². The van der Waals surface area contributed by atoms with Crippen molar-refractivity contribution in [3.63, 3.8) is 0 Å². The van der Waals surface area contributed by atoms with E-state index in [1.165, 1.54) is 12.1 Å². The first-order chi connectivity index (χ1) is 10.5. The lowest BCUT2D eigenvalue weighted by Crippen LogP contribution is -2.46. The van der Waals surface area contributed by atoms with Gasteiger partial charge >= 0.3 is 0 Å². The molecule has 1 heterocycles. The van der Waals surface area contributed by atoms with E-state index in [1.54, 1.807) is 19.1 Å². The van der Waals surface area contributed by atoms with Crippen molar-refractivity contribution in [2.45, 2.75) is 50.0 Å². The van der Waals surface area contributed by atoms with Gasteiger partial charge in [-0.25, -0.2) is 4.39 Å². The summed E-state index contributed by atoms with van der Waals surface area (Å²) >= 11 is 0. The molecule has 2 aliphatic rings. The molecule has 122 valence electrons. The van der Waals surface area contributed by atoms with Gasteiger partial charge in [0.1, 0.15) is 5.82 Å². The van der Waals surface area contributed by atoms with Gasteiger partial charge in [-0.3, -0.25) is 0 Å². The second kappa shape index (κ2) is 6.24. The Morgan fingerprint density at radius 1 is 1.23 bits per heavy atom. The van der Waals surface area contributed by atoms with Gasteiger partial charge < -0.3 is 19.9 Å². The van der Waals surface area contributed by atoms with E-state index < -0.39 is 5.60 Å². The van der Waals surface area contributed by atoms with Crippen LogP contribution in [-0.4, -0.2) is 36.7 Å². The molecule has 0 aromatic heterocycles. The maximum Gasteiger partial charge on any atom is 0.168 e. The fourth-order valence-corrected chi connectivity index (χ4v) is 3.30. The van der Waals surface area contributed by atoms with Crippen molar-refractivity contribution in [2.75, 3.05) is 19.8 Å². The van der Waals surface area contributed by atoms with Crippen LogP contribution in [0, 0.1) is 5.82 Å². The van der Waals surface area contributed by atoms with Gasteiger partial charge in [-0.1, -0.05) is 12.1 Å². The maximum absolute atomic E-state index is 13.0. The van der Waals surface area contributed by atoms with Crippen molar-refractivity contribution in [2.24, 2.45) is 0 Å². The van der Waals surface area contributed by atoms with Gasteiger partial charge in [0.05, 0.1) is 18.8 Å². The number of nitrogens with one attached hydrogen (secondary N) is 1. The van der Waals surface area contributed by atoms with Crippen molar-refractivity contribution in [1.82, 2.24) is 5.32 Å². The number of rotatable bonds is 4. The van der Waals surface area contributed by atoms with Crippen LogP contribution in [0.1, 0.15) is 38.2 Å². The first-order valence-electron chi connectivity index (χ1n) is 7.99. The number of hydrogen-bond donors (Lipinski definition) is 2. The highest BCUT2D eigenvalue weighted by Crippen LogP contribution is 2.35. The summed E-state index contributed by atoms with van der Waals surface area (Å²) in [5, 5.41) is 14.0. The van der Waals surface area contributed by atoms with Crippen molar-refractivity contribution in [3.8, 4) is 0 Å². The second-order valence-electron chi connectivity index (χ2n) is 6.54. The molecule has 1 aliphatic carbocycles. The SMILES string of the molecule is C[C@](O)(CNC1CCC2(CC1)OCCO2)c1ccc(F)cc1. The standard InChI is InChI=1S/C17H24FNO3/c1-16(20,13-2-4-14(18)5-3-13)12-19-15-6-8-17(9-7-15)21-10-11-22-17/h2-5,15,19-20H,6-12H2,1H3/t16-/m0/s1. The lowest BCUT2D eigenvalue weighted by molar-refractivity contribution is -0.179. The van der Waals surface area contributed by atoms with Gasteiger partial charge in [0.2, 0.25) is 0 Å². The van der Waals surface area contributed by atoms with E-state index in [0.717, 1.165) is 31.2 Å². The summed E-state index contributed by atoms with van der Waals surface area (Å²) in [5.41, 5.74) is -0.292. The van der Waals surface area contributed by atoms with E-state index in [4.69, 9.17) is 9.47 Å². The lowest BCUT2D eigenvalue weighted by Gasteiger charge is -2.37. The molecule has 0 unspecified atom stereocenters. The molecular formula is C17H24FNO3. The zero-order valence-corrected chi connectivity index (χ0v) is 13.0. The molecule has 1 saturated carbocycles. The van der Waals surface area contributed by atoms with E-state index in [1.807, 2.05) is 0 Å². The Hall–Kier alpha value is -1.01. The van der Waals surface area contributed by atoms with Crippen LogP contribution in [0.2, 0.25) is 0 Å². The Balaban J connectivity index is 1.51. The minimum Gasteiger partial charge on any atom is -0.384 e. The molecule has 2 fully saturated rings. The number of hydrogen-bond acceptors (Lipinski definition) is 4. The molecular weight excluding hydrogens is 285 g/mol. The van der Waals surface area contributed by atoms with Gasteiger partial charge in [0.15, 0.2) is 5.79 Å². The van der Waals surface area contributed by atoms with Crippen molar-refractivity contribution < 1.29 is 19.0 Å². The maximum atomic E-state index is 13.0. The fourth-order valence-electron chi connectivity index (χ4n) is 3.30. The third-order valence-corrected chi connectivity index (χ3v) is 4.76.